The van der Waals surface area contributed by atoms with Crippen molar-refractivity contribution >= 4 is 17.5 Å². The number of nitrogens with zero attached hydrogens (tertiary/aromatic N) is 1. The second-order valence-electron chi connectivity index (χ2n) is 5.39. The van der Waals surface area contributed by atoms with E-state index in [-0.39, 0.29) is 11.1 Å². The van der Waals surface area contributed by atoms with Crippen LogP contribution >= 0.6 is 11.6 Å². The Balaban J connectivity index is 2.14. The minimum atomic E-state index is -0.0255. The predicted octanol–water partition coefficient (Wildman–Crippen LogP) is 3.97. The van der Waals surface area contributed by atoms with Gasteiger partial charge in [0, 0.05) is 12.6 Å². The molecule has 1 aliphatic rings. The summed E-state index contributed by atoms with van der Waals surface area (Å²) in [5.74, 6) is 0.787. The van der Waals surface area contributed by atoms with Gasteiger partial charge in [0.25, 0.3) is 5.91 Å². The van der Waals surface area contributed by atoms with E-state index >= 15 is 0 Å². The van der Waals surface area contributed by atoms with Gasteiger partial charge in [-0.05, 0) is 42.5 Å². The van der Waals surface area contributed by atoms with Crippen LogP contribution in [0.25, 0.3) is 0 Å². The fourth-order valence-corrected chi connectivity index (χ4v) is 2.72. The number of hydrogen-bond donors (Lipinski definition) is 0. The first-order valence-electron chi connectivity index (χ1n) is 6.64. The van der Waals surface area contributed by atoms with Crippen molar-refractivity contribution in [3.63, 3.8) is 0 Å². The molecule has 0 saturated heterocycles. The minimum absolute atomic E-state index is 0.0255. The molecular weight excluding hydrogens is 250 g/mol. The molecule has 1 amide bonds. The van der Waals surface area contributed by atoms with Crippen molar-refractivity contribution in [2.24, 2.45) is 5.92 Å². The Labute approximate surface area is 113 Å². The van der Waals surface area contributed by atoms with Crippen LogP contribution in [0, 0.1) is 5.92 Å². The highest BCUT2D eigenvalue weighted by Gasteiger charge is 2.29. The molecule has 4 heteroatoms. The highest BCUT2D eigenvalue weighted by atomic mass is 35.5. The highest BCUT2D eigenvalue weighted by Crippen LogP contribution is 2.26. The number of carbonyl (C=O) groups excluding carboxylic acids is 1. The lowest BCUT2D eigenvalue weighted by molar-refractivity contribution is 0.0623. The monoisotopic (exact) mass is 269 g/mol. The summed E-state index contributed by atoms with van der Waals surface area (Å²) < 4.78 is 5.24. The second-order valence-corrected chi connectivity index (χ2v) is 5.77. The smallest absolute Gasteiger partial charge is 0.289 e. The Morgan fingerprint density at radius 2 is 2.11 bits per heavy atom. The van der Waals surface area contributed by atoms with Crippen LogP contribution in [0.4, 0.5) is 0 Å². The van der Waals surface area contributed by atoms with Crippen LogP contribution in [-0.4, -0.2) is 23.4 Å². The maximum Gasteiger partial charge on any atom is 0.289 e. The zero-order valence-corrected chi connectivity index (χ0v) is 11.7. The summed E-state index contributed by atoms with van der Waals surface area (Å²) in [6, 6.07) is 3.65. The number of hydrogen-bond acceptors (Lipinski definition) is 2. The fourth-order valence-electron chi connectivity index (χ4n) is 2.58. The van der Waals surface area contributed by atoms with Gasteiger partial charge in [0.05, 0.1) is 0 Å². The quantitative estimate of drug-likeness (QED) is 0.829. The minimum Gasteiger partial charge on any atom is -0.440 e. The highest BCUT2D eigenvalue weighted by molar-refractivity contribution is 6.29. The molecule has 0 aliphatic heterocycles. The molecule has 2 rings (SSSR count). The molecule has 0 unspecified atom stereocenters. The third-order valence-electron chi connectivity index (χ3n) is 3.37. The number of amides is 1. The van der Waals surface area contributed by atoms with Crippen molar-refractivity contribution in [1.82, 2.24) is 4.90 Å². The standard InChI is InChI=1S/C14H20ClNO2/c1-10(2)9-16(11-5-3-4-6-11)14(17)12-7-8-13(15)18-12/h7-8,10-11H,3-6,9H2,1-2H3. The topological polar surface area (TPSA) is 33.5 Å². The predicted molar refractivity (Wildman–Crippen MR) is 71.8 cm³/mol. The molecule has 0 radical (unpaired) electrons. The van der Waals surface area contributed by atoms with Crippen LogP contribution in [0.3, 0.4) is 0 Å². The van der Waals surface area contributed by atoms with Gasteiger partial charge in [-0.2, -0.15) is 0 Å². The van der Waals surface area contributed by atoms with Gasteiger partial charge in [0.2, 0.25) is 0 Å². The summed E-state index contributed by atoms with van der Waals surface area (Å²) in [5, 5.41) is 0.272. The molecule has 1 aliphatic carbocycles. The van der Waals surface area contributed by atoms with E-state index in [2.05, 4.69) is 13.8 Å². The Kier molecular flexibility index (Phi) is 4.33. The van der Waals surface area contributed by atoms with Crippen molar-refractivity contribution in [2.45, 2.75) is 45.6 Å². The van der Waals surface area contributed by atoms with Gasteiger partial charge in [-0.1, -0.05) is 26.7 Å². The van der Waals surface area contributed by atoms with Crippen LogP contribution in [0.5, 0.6) is 0 Å². The summed E-state index contributed by atoms with van der Waals surface area (Å²) in [7, 11) is 0. The van der Waals surface area contributed by atoms with E-state index in [1.807, 2.05) is 4.90 Å². The van der Waals surface area contributed by atoms with Crippen LogP contribution in [0.2, 0.25) is 5.22 Å². The first kappa shape index (κ1) is 13.5. The largest absolute Gasteiger partial charge is 0.440 e. The van der Waals surface area contributed by atoms with E-state index in [0.717, 1.165) is 19.4 Å². The summed E-state index contributed by atoms with van der Waals surface area (Å²) in [6.07, 6.45) is 4.64. The van der Waals surface area contributed by atoms with Crippen molar-refractivity contribution in [1.29, 1.82) is 0 Å². The summed E-state index contributed by atoms with van der Waals surface area (Å²) >= 11 is 5.74. The normalized spacial score (nSPS) is 16.4. The lowest BCUT2D eigenvalue weighted by Gasteiger charge is -2.29. The molecule has 1 saturated carbocycles. The molecule has 1 aromatic heterocycles. The van der Waals surface area contributed by atoms with E-state index < -0.39 is 0 Å². The molecule has 1 aromatic rings. The first-order valence-corrected chi connectivity index (χ1v) is 7.02. The van der Waals surface area contributed by atoms with E-state index in [9.17, 15) is 4.79 Å². The van der Waals surface area contributed by atoms with E-state index in [4.69, 9.17) is 16.0 Å². The third-order valence-corrected chi connectivity index (χ3v) is 3.58. The van der Waals surface area contributed by atoms with Crippen LogP contribution in [0.15, 0.2) is 16.5 Å². The SMILES string of the molecule is CC(C)CN(C(=O)c1ccc(Cl)o1)C1CCCC1. The molecule has 0 bridgehead atoms. The van der Waals surface area contributed by atoms with Crippen LogP contribution < -0.4 is 0 Å². The number of halogens is 1. The Morgan fingerprint density at radius 3 is 2.61 bits per heavy atom. The molecular formula is C14H20ClNO2. The Hall–Kier alpha value is -0.960. The van der Waals surface area contributed by atoms with Gasteiger partial charge in [-0.3, -0.25) is 4.79 Å². The van der Waals surface area contributed by atoms with Gasteiger partial charge < -0.3 is 9.32 Å². The summed E-state index contributed by atoms with van der Waals surface area (Å²) in [4.78, 5) is 14.4. The molecule has 1 fully saturated rings. The van der Waals surface area contributed by atoms with Gasteiger partial charge in [0.1, 0.15) is 0 Å². The van der Waals surface area contributed by atoms with E-state index in [1.165, 1.54) is 12.8 Å². The zero-order valence-electron chi connectivity index (χ0n) is 11.0. The first-order chi connectivity index (χ1) is 8.58. The molecule has 1 heterocycles. The second kappa shape index (κ2) is 5.79. The number of rotatable bonds is 4. The summed E-state index contributed by atoms with van der Waals surface area (Å²) in [6.45, 7) is 5.04. The fraction of sp³-hybridized carbons (Fsp3) is 0.643. The zero-order chi connectivity index (χ0) is 13.1. The van der Waals surface area contributed by atoms with Crippen molar-refractivity contribution in [2.75, 3.05) is 6.54 Å². The van der Waals surface area contributed by atoms with E-state index in [0.29, 0.717) is 17.7 Å². The average Bonchev–Trinajstić information content (AvgIpc) is 2.95. The number of furan rings is 1. The van der Waals surface area contributed by atoms with Crippen LogP contribution in [0.1, 0.15) is 50.1 Å². The third kappa shape index (κ3) is 3.08. The van der Waals surface area contributed by atoms with Gasteiger partial charge in [-0.15, -0.1) is 0 Å². The average molecular weight is 270 g/mol. The van der Waals surface area contributed by atoms with Crippen molar-refractivity contribution in [3.05, 3.63) is 23.1 Å². The molecule has 18 heavy (non-hydrogen) atoms. The Bertz CT molecular complexity index is 408. The molecule has 0 N–H and O–H groups in total. The lowest BCUT2D eigenvalue weighted by Crippen LogP contribution is -2.41. The van der Waals surface area contributed by atoms with Gasteiger partial charge in [-0.25, -0.2) is 0 Å². The number of carbonyl (C=O) groups is 1. The van der Waals surface area contributed by atoms with Crippen LogP contribution in [-0.2, 0) is 0 Å². The van der Waals surface area contributed by atoms with Gasteiger partial charge >= 0.3 is 0 Å². The molecule has 0 aromatic carbocycles. The van der Waals surface area contributed by atoms with Crippen molar-refractivity contribution < 1.29 is 9.21 Å². The van der Waals surface area contributed by atoms with Crippen molar-refractivity contribution in [3.8, 4) is 0 Å². The Morgan fingerprint density at radius 1 is 1.44 bits per heavy atom. The maximum absolute atomic E-state index is 12.5. The molecule has 3 nitrogen and oxygen atoms in total. The van der Waals surface area contributed by atoms with Gasteiger partial charge in [0.15, 0.2) is 11.0 Å². The lowest BCUT2D eigenvalue weighted by atomic mass is 10.1. The van der Waals surface area contributed by atoms with E-state index in [1.54, 1.807) is 12.1 Å². The summed E-state index contributed by atoms with van der Waals surface area (Å²) in [5.41, 5.74) is 0. The molecule has 0 atom stereocenters. The molecule has 100 valence electrons. The molecule has 0 spiro atoms. The maximum atomic E-state index is 12.5.